The van der Waals surface area contributed by atoms with Crippen molar-refractivity contribution in [2.24, 2.45) is 0 Å². The van der Waals surface area contributed by atoms with E-state index in [-0.39, 0.29) is 28.0 Å². The fourth-order valence-corrected chi connectivity index (χ4v) is 3.96. The zero-order valence-electron chi connectivity index (χ0n) is 17.6. The highest BCUT2D eigenvalue weighted by Crippen LogP contribution is 2.20. The van der Waals surface area contributed by atoms with E-state index >= 15 is 0 Å². The highest BCUT2D eigenvalue weighted by atomic mass is 32.2. The molecule has 2 N–H and O–H groups in total. The van der Waals surface area contributed by atoms with E-state index in [0.717, 1.165) is 10.9 Å². The number of H-pyrrole nitrogens is 1. The Morgan fingerprint density at radius 3 is 2.50 bits per heavy atom. The number of benzene rings is 1. The summed E-state index contributed by atoms with van der Waals surface area (Å²) in [5.41, 5.74) is 2.06. The Bertz CT molecular complexity index is 1350. The molecule has 1 amide bonds. The van der Waals surface area contributed by atoms with E-state index in [4.69, 9.17) is 0 Å². The minimum atomic E-state index is -3.71. The number of nitrogens with one attached hydrogen (secondary N) is 2. The molecule has 0 unspecified atom stereocenters. The van der Waals surface area contributed by atoms with Crippen LogP contribution in [0.2, 0.25) is 0 Å². The molecule has 9 heteroatoms. The summed E-state index contributed by atoms with van der Waals surface area (Å²) >= 11 is 0. The Balaban J connectivity index is 1.69. The normalized spacial score (nSPS) is 12.6. The van der Waals surface area contributed by atoms with E-state index in [2.05, 4.69) is 27.1 Å². The smallest absolute Gasteiger partial charge is 0.253 e. The summed E-state index contributed by atoms with van der Waals surface area (Å²) in [4.78, 5) is 28.2. The van der Waals surface area contributed by atoms with Crippen LogP contribution < -0.4 is 5.32 Å². The van der Waals surface area contributed by atoms with Crippen LogP contribution in [0.5, 0.6) is 0 Å². The fraction of sp³-hybridized carbons (Fsp3) is 0.130. The highest BCUT2D eigenvalue weighted by molar-refractivity contribution is 7.95. The van der Waals surface area contributed by atoms with Crippen molar-refractivity contribution in [3.63, 3.8) is 0 Å². The van der Waals surface area contributed by atoms with Gasteiger partial charge in [-0.25, -0.2) is 13.4 Å². The second-order valence-corrected chi connectivity index (χ2v) is 9.14. The van der Waals surface area contributed by atoms with Gasteiger partial charge in [0.25, 0.3) is 5.91 Å². The van der Waals surface area contributed by atoms with Gasteiger partial charge in [0.1, 0.15) is 0 Å². The van der Waals surface area contributed by atoms with Crippen LogP contribution >= 0.6 is 0 Å². The van der Waals surface area contributed by atoms with E-state index in [1.165, 1.54) is 50.4 Å². The number of hydrogen-bond acceptors (Lipinski definition) is 6. The molecule has 164 valence electrons. The molecule has 0 atom stereocenters. The zero-order chi connectivity index (χ0) is 23.3. The molecule has 0 saturated heterocycles. The number of aromatic nitrogens is 3. The molecule has 3 rings (SSSR count). The maximum atomic E-state index is 12.8. The van der Waals surface area contributed by atoms with Crippen LogP contribution in [-0.4, -0.2) is 35.3 Å². The van der Waals surface area contributed by atoms with Gasteiger partial charge < -0.3 is 5.32 Å². The first-order valence-corrected chi connectivity index (χ1v) is 11.1. The quantitative estimate of drug-likeness (QED) is 0.401. The van der Waals surface area contributed by atoms with Crippen LogP contribution in [0.25, 0.3) is 11.0 Å². The monoisotopic (exact) mass is 450 g/mol. The number of carbonyl (C=O) groups excluding carboxylic acids is 2. The number of sulfone groups is 1. The molecule has 0 fully saturated rings. The number of fused-ring (bicyclic) bond motifs is 1. The molecule has 0 spiro atoms. The van der Waals surface area contributed by atoms with Crippen molar-refractivity contribution in [2.45, 2.75) is 25.3 Å². The third kappa shape index (κ3) is 5.06. The van der Waals surface area contributed by atoms with Crippen LogP contribution in [0.3, 0.4) is 0 Å². The number of amides is 1. The minimum absolute atomic E-state index is 0.0984. The molecule has 3 aromatic rings. The maximum Gasteiger partial charge on any atom is 0.253 e. The SMILES string of the molecule is C=C/C(=C\C=C(/C)S(=O)(=O)c1ccc(CNC(=O)c2cnc3[nH]ncc3c2)cc1)C(C)=O. The predicted octanol–water partition coefficient (Wildman–Crippen LogP) is 3.27. The lowest BCUT2D eigenvalue weighted by Crippen LogP contribution is -2.22. The molecule has 0 bridgehead atoms. The molecule has 1 aromatic carbocycles. The number of ketones is 1. The van der Waals surface area contributed by atoms with Crippen molar-refractivity contribution in [2.75, 3.05) is 0 Å². The summed E-state index contributed by atoms with van der Waals surface area (Å²) in [6.07, 6.45) is 7.24. The molecule has 2 aromatic heterocycles. The third-order valence-electron chi connectivity index (χ3n) is 4.79. The van der Waals surface area contributed by atoms with Crippen molar-refractivity contribution in [3.05, 3.63) is 89.1 Å². The number of Topliss-reactive ketones (excluding diaryl/α,β-unsaturated/α-hetero) is 1. The van der Waals surface area contributed by atoms with Gasteiger partial charge in [-0.05, 0) is 43.7 Å². The molecule has 0 aliphatic carbocycles. The molecule has 8 nitrogen and oxygen atoms in total. The van der Waals surface area contributed by atoms with Gasteiger partial charge in [-0.3, -0.25) is 14.7 Å². The second-order valence-electron chi connectivity index (χ2n) is 7.02. The number of carbonyl (C=O) groups is 2. The first-order valence-electron chi connectivity index (χ1n) is 9.65. The zero-order valence-corrected chi connectivity index (χ0v) is 18.4. The van der Waals surface area contributed by atoms with Crippen molar-refractivity contribution >= 4 is 32.6 Å². The number of aromatic amines is 1. The van der Waals surface area contributed by atoms with Crippen LogP contribution in [0.15, 0.2) is 82.9 Å². The number of pyridine rings is 1. The van der Waals surface area contributed by atoms with Gasteiger partial charge in [-0.2, -0.15) is 5.10 Å². The van der Waals surface area contributed by atoms with Gasteiger partial charge in [0.15, 0.2) is 11.4 Å². The van der Waals surface area contributed by atoms with Crippen molar-refractivity contribution in [1.82, 2.24) is 20.5 Å². The lowest BCUT2D eigenvalue weighted by atomic mass is 10.2. The molecular weight excluding hydrogens is 428 g/mol. The summed E-state index contributed by atoms with van der Waals surface area (Å²) in [5.74, 6) is -0.500. The first-order chi connectivity index (χ1) is 15.2. The van der Waals surface area contributed by atoms with E-state index in [0.29, 0.717) is 16.8 Å². The minimum Gasteiger partial charge on any atom is -0.348 e. The average Bonchev–Trinajstić information content (AvgIpc) is 3.25. The summed E-state index contributed by atoms with van der Waals surface area (Å²) < 4.78 is 25.5. The lowest BCUT2D eigenvalue weighted by Gasteiger charge is -2.08. The second kappa shape index (κ2) is 9.52. The number of rotatable bonds is 8. The number of nitrogens with zero attached hydrogens (tertiary/aromatic N) is 2. The standard InChI is InChI=1S/C23H22N4O4S/c1-4-18(16(3)28)8-5-15(2)32(30,31)21-9-6-17(7-10-21)12-25-23(29)20-11-19-14-26-27-22(19)24-13-20/h4-11,13-14H,1,12H2,2-3H3,(H,25,29)(H,24,26,27)/b15-5+,18-8+. The van der Waals surface area contributed by atoms with Gasteiger partial charge >= 0.3 is 0 Å². The summed E-state index contributed by atoms with van der Waals surface area (Å²) in [5, 5.41) is 10.1. The maximum absolute atomic E-state index is 12.8. The Morgan fingerprint density at radius 1 is 1.12 bits per heavy atom. The van der Waals surface area contributed by atoms with E-state index in [1.54, 1.807) is 24.4 Å². The number of allylic oxidation sites excluding steroid dienone is 5. The van der Waals surface area contributed by atoms with Crippen molar-refractivity contribution in [1.29, 1.82) is 0 Å². The molecule has 0 aliphatic rings. The van der Waals surface area contributed by atoms with E-state index in [9.17, 15) is 18.0 Å². The summed E-state index contributed by atoms with van der Waals surface area (Å²) in [6.45, 7) is 6.62. The third-order valence-corrected chi connectivity index (χ3v) is 6.66. The molecule has 0 saturated carbocycles. The summed E-state index contributed by atoms with van der Waals surface area (Å²) in [6, 6.07) is 7.92. The Morgan fingerprint density at radius 2 is 1.84 bits per heavy atom. The van der Waals surface area contributed by atoms with Crippen molar-refractivity contribution < 1.29 is 18.0 Å². The topological polar surface area (TPSA) is 122 Å². The Hall–Kier alpha value is -3.85. The van der Waals surface area contributed by atoms with Crippen LogP contribution in [0.4, 0.5) is 0 Å². The van der Waals surface area contributed by atoms with Gasteiger partial charge in [-0.15, -0.1) is 0 Å². The van der Waals surface area contributed by atoms with Gasteiger partial charge in [0.05, 0.1) is 16.7 Å². The Labute approximate surface area is 185 Å². The molecule has 0 aliphatic heterocycles. The largest absolute Gasteiger partial charge is 0.348 e. The predicted molar refractivity (Wildman–Crippen MR) is 121 cm³/mol. The molecule has 0 radical (unpaired) electrons. The van der Waals surface area contributed by atoms with Crippen molar-refractivity contribution in [3.8, 4) is 0 Å². The fourth-order valence-electron chi connectivity index (χ4n) is 2.84. The molecular formula is C23H22N4O4S. The Kier molecular flexibility index (Phi) is 6.79. The van der Waals surface area contributed by atoms with E-state index in [1.807, 2.05) is 0 Å². The highest BCUT2D eigenvalue weighted by Gasteiger charge is 2.17. The van der Waals surface area contributed by atoms with Crippen LogP contribution in [0.1, 0.15) is 29.8 Å². The van der Waals surface area contributed by atoms with Gasteiger partial charge in [0, 0.05) is 28.6 Å². The van der Waals surface area contributed by atoms with E-state index < -0.39 is 9.84 Å². The van der Waals surface area contributed by atoms with Crippen LogP contribution in [-0.2, 0) is 21.2 Å². The molecule has 2 heterocycles. The average molecular weight is 451 g/mol. The van der Waals surface area contributed by atoms with Gasteiger partial charge in [0.2, 0.25) is 9.84 Å². The summed E-state index contributed by atoms with van der Waals surface area (Å²) in [7, 11) is -3.71. The molecule has 32 heavy (non-hydrogen) atoms. The van der Waals surface area contributed by atoms with Gasteiger partial charge in [-0.1, -0.05) is 30.9 Å². The lowest BCUT2D eigenvalue weighted by molar-refractivity contribution is -0.113. The van der Waals surface area contributed by atoms with Crippen LogP contribution in [0, 0.1) is 0 Å². The number of hydrogen-bond donors (Lipinski definition) is 2. The first kappa shape index (κ1) is 22.8.